The summed E-state index contributed by atoms with van der Waals surface area (Å²) in [5.41, 5.74) is 0.676. The van der Waals surface area contributed by atoms with E-state index in [0.29, 0.717) is 12.0 Å². The maximum absolute atomic E-state index is 12.2. The Kier molecular flexibility index (Phi) is 6.96. The Morgan fingerprint density at radius 1 is 1.38 bits per heavy atom. The van der Waals surface area contributed by atoms with Crippen molar-refractivity contribution in [3.63, 3.8) is 0 Å². The molecule has 0 saturated heterocycles. The first kappa shape index (κ1) is 18.3. The number of carbonyl (C=O) groups is 1. The molecule has 118 valence electrons. The summed E-state index contributed by atoms with van der Waals surface area (Å²) in [7, 11) is 0. The van der Waals surface area contributed by atoms with Gasteiger partial charge >= 0.3 is 6.36 Å². The van der Waals surface area contributed by atoms with Crippen molar-refractivity contribution >= 4 is 26.4 Å². The van der Waals surface area contributed by atoms with Gasteiger partial charge in [0.15, 0.2) is 3.79 Å². The zero-order chi connectivity index (χ0) is 16.0. The van der Waals surface area contributed by atoms with Crippen LogP contribution in [-0.4, -0.2) is 10.2 Å². The molecule has 0 amide bonds. The van der Waals surface area contributed by atoms with Crippen LogP contribution in [0.15, 0.2) is 24.3 Å². The molecular weight excluding hydrogens is 396 g/mol. The molecule has 0 saturated carbocycles. The predicted octanol–water partition coefficient (Wildman–Crippen LogP) is 5.14. The molecule has 0 aliphatic heterocycles. The van der Waals surface area contributed by atoms with E-state index in [2.05, 4.69) is 4.74 Å². The highest BCUT2D eigenvalue weighted by atomic mass is 127. The SMILES string of the molecule is CCCC(C)C(Cc1cccc(OC(F)(F)F)c1)C(=O)I. The Hall–Kier alpha value is -0.790. The molecule has 0 fully saturated rings. The first-order valence-electron chi connectivity index (χ1n) is 6.77. The summed E-state index contributed by atoms with van der Waals surface area (Å²) in [5.74, 6) is -0.235. The van der Waals surface area contributed by atoms with Gasteiger partial charge in [-0.15, -0.1) is 13.2 Å². The van der Waals surface area contributed by atoms with Gasteiger partial charge < -0.3 is 4.74 Å². The van der Waals surface area contributed by atoms with Gasteiger partial charge in [-0.2, -0.15) is 0 Å². The van der Waals surface area contributed by atoms with E-state index < -0.39 is 6.36 Å². The standard InChI is InChI=1S/C15H18F3IO2/c1-3-5-10(2)13(14(19)20)9-11-6-4-7-12(8-11)21-15(16,17)18/h4,6-8,10,13H,3,5,9H2,1-2H3. The van der Waals surface area contributed by atoms with E-state index in [1.165, 1.54) is 18.2 Å². The summed E-state index contributed by atoms with van der Waals surface area (Å²) in [4.78, 5) is 11.8. The topological polar surface area (TPSA) is 26.3 Å². The number of rotatable bonds is 7. The van der Waals surface area contributed by atoms with Crippen LogP contribution in [0.25, 0.3) is 0 Å². The van der Waals surface area contributed by atoms with Crippen molar-refractivity contribution in [3.05, 3.63) is 29.8 Å². The van der Waals surface area contributed by atoms with Crippen molar-refractivity contribution in [3.8, 4) is 5.75 Å². The Morgan fingerprint density at radius 3 is 2.57 bits per heavy atom. The molecule has 6 heteroatoms. The largest absolute Gasteiger partial charge is 0.573 e. The highest BCUT2D eigenvalue weighted by Crippen LogP contribution is 2.28. The van der Waals surface area contributed by atoms with Crippen LogP contribution in [0.1, 0.15) is 32.3 Å². The summed E-state index contributed by atoms with van der Waals surface area (Å²) in [6.07, 6.45) is -2.39. The lowest BCUT2D eigenvalue weighted by Crippen LogP contribution is -2.21. The summed E-state index contributed by atoms with van der Waals surface area (Å²) < 4.78 is 40.6. The van der Waals surface area contributed by atoms with E-state index in [4.69, 9.17) is 0 Å². The average molecular weight is 414 g/mol. The third-order valence-corrected chi connectivity index (χ3v) is 4.11. The molecule has 0 aliphatic carbocycles. The number of hydrogen-bond donors (Lipinski definition) is 0. The first-order chi connectivity index (χ1) is 9.73. The molecule has 0 aliphatic rings. The highest BCUT2D eigenvalue weighted by Gasteiger charge is 2.31. The van der Waals surface area contributed by atoms with Gasteiger partial charge in [0, 0.05) is 5.92 Å². The minimum Gasteiger partial charge on any atom is -0.406 e. The number of halogens is 4. The number of benzene rings is 1. The van der Waals surface area contributed by atoms with Gasteiger partial charge in [-0.1, -0.05) is 38.8 Å². The Balaban J connectivity index is 2.84. The van der Waals surface area contributed by atoms with Crippen molar-refractivity contribution < 1.29 is 22.7 Å². The zero-order valence-corrected chi connectivity index (χ0v) is 14.1. The highest BCUT2D eigenvalue weighted by molar-refractivity contribution is 14.1. The average Bonchev–Trinajstić information content (AvgIpc) is 2.34. The first-order valence-corrected chi connectivity index (χ1v) is 7.84. The fourth-order valence-electron chi connectivity index (χ4n) is 2.29. The van der Waals surface area contributed by atoms with Crippen LogP contribution < -0.4 is 4.74 Å². The van der Waals surface area contributed by atoms with Crippen LogP contribution in [-0.2, 0) is 11.2 Å². The third kappa shape index (κ3) is 6.67. The summed E-state index contributed by atoms with van der Waals surface area (Å²) >= 11 is 1.77. The van der Waals surface area contributed by atoms with Crippen LogP contribution in [0.2, 0.25) is 0 Å². The van der Waals surface area contributed by atoms with Gasteiger partial charge in [-0.05, 0) is 52.6 Å². The quantitative estimate of drug-likeness (QED) is 0.456. The Morgan fingerprint density at radius 2 is 2.05 bits per heavy atom. The summed E-state index contributed by atoms with van der Waals surface area (Å²) in [6.45, 7) is 4.05. The number of ether oxygens (including phenoxy) is 1. The molecule has 0 aromatic heterocycles. The molecule has 21 heavy (non-hydrogen) atoms. The van der Waals surface area contributed by atoms with Crippen LogP contribution in [0.3, 0.4) is 0 Å². The van der Waals surface area contributed by atoms with Gasteiger partial charge in [-0.25, -0.2) is 0 Å². The van der Waals surface area contributed by atoms with Crippen LogP contribution in [0.5, 0.6) is 5.75 Å². The van der Waals surface area contributed by atoms with Crippen LogP contribution in [0, 0.1) is 11.8 Å². The minimum absolute atomic E-state index is 0.0377. The fourth-order valence-corrected chi connectivity index (χ4v) is 3.12. The fraction of sp³-hybridized carbons (Fsp3) is 0.533. The minimum atomic E-state index is -4.70. The van der Waals surface area contributed by atoms with Crippen LogP contribution in [0.4, 0.5) is 13.2 Å². The molecular formula is C15H18F3IO2. The molecule has 2 unspecified atom stereocenters. The van der Waals surface area contributed by atoms with Gasteiger partial charge in [0.25, 0.3) is 0 Å². The van der Waals surface area contributed by atoms with Gasteiger partial charge in [-0.3, -0.25) is 4.79 Å². The van der Waals surface area contributed by atoms with Gasteiger partial charge in [0.05, 0.1) is 0 Å². The van der Waals surface area contributed by atoms with E-state index in [9.17, 15) is 18.0 Å². The normalized spacial score (nSPS) is 14.6. The van der Waals surface area contributed by atoms with Crippen molar-refractivity contribution in [1.82, 2.24) is 0 Å². The zero-order valence-electron chi connectivity index (χ0n) is 11.9. The molecule has 1 aromatic rings. The Labute approximate surface area is 136 Å². The molecule has 0 heterocycles. The maximum Gasteiger partial charge on any atom is 0.573 e. The Bertz CT molecular complexity index is 474. The van der Waals surface area contributed by atoms with Gasteiger partial charge in [0.2, 0.25) is 0 Å². The van der Waals surface area contributed by atoms with Gasteiger partial charge in [0.1, 0.15) is 5.75 Å². The lowest BCUT2D eigenvalue weighted by atomic mass is 9.86. The number of alkyl halides is 3. The molecule has 0 spiro atoms. The summed E-state index contributed by atoms with van der Waals surface area (Å²) in [6, 6.07) is 5.83. The molecule has 1 aromatic carbocycles. The second-order valence-corrected chi connectivity index (χ2v) is 6.14. The van der Waals surface area contributed by atoms with Crippen molar-refractivity contribution in [1.29, 1.82) is 0 Å². The van der Waals surface area contributed by atoms with E-state index in [1.807, 2.05) is 13.8 Å². The second kappa shape index (κ2) is 8.00. The van der Waals surface area contributed by atoms with Crippen molar-refractivity contribution in [2.45, 2.75) is 39.5 Å². The van der Waals surface area contributed by atoms with E-state index in [1.54, 1.807) is 28.7 Å². The lowest BCUT2D eigenvalue weighted by Gasteiger charge is -2.20. The molecule has 0 bridgehead atoms. The van der Waals surface area contributed by atoms with E-state index >= 15 is 0 Å². The lowest BCUT2D eigenvalue weighted by molar-refractivity contribution is -0.274. The third-order valence-electron chi connectivity index (χ3n) is 3.31. The molecule has 0 N–H and O–H groups in total. The number of hydrogen-bond acceptors (Lipinski definition) is 2. The van der Waals surface area contributed by atoms with Crippen molar-refractivity contribution in [2.75, 3.05) is 0 Å². The molecule has 2 atom stereocenters. The molecule has 1 rings (SSSR count). The monoisotopic (exact) mass is 414 g/mol. The van der Waals surface area contributed by atoms with Crippen molar-refractivity contribution in [2.24, 2.45) is 11.8 Å². The van der Waals surface area contributed by atoms with Crippen LogP contribution >= 0.6 is 22.6 Å². The molecule has 0 radical (unpaired) electrons. The second-order valence-electron chi connectivity index (χ2n) is 5.08. The smallest absolute Gasteiger partial charge is 0.406 e. The van der Waals surface area contributed by atoms with E-state index in [0.717, 1.165) is 12.8 Å². The predicted molar refractivity (Wildman–Crippen MR) is 83.4 cm³/mol. The maximum atomic E-state index is 12.2. The molecule has 2 nitrogen and oxygen atoms in total. The summed E-state index contributed by atoms with van der Waals surface area (Å²) in [5, 5.41) is 0. The number of carbonyl (C=O) groups excluding carboxylic acids is 1. The van der Waals surface area contributed by atoms with E-state index in [-0.39, 0.29) is 21.4 Å².